The molecule has 0 saturated carbocycles. The Kier molecular flexibility index (Phi) is 79.8. The Morgan fingerprint density at radius 2 is 0.422 bits per heavy atom. The van der Waals surface area contributed by atoms with Crippen molar-refractivity contribution in [3.05, 3.63) is 0 Å². The van der Waals surface area contributed by atoms with Crippen LogP contribution in [0.2, 0.25) is 0 Å². The second kappa shape index (κ2) is 81.2. The Labute approximate surface area is 670 Å². The van der Waals surface area contributed by atoms with Crippen molar-refractivity contribution in [2.45, 2.75) is 503 Å². The number of phosphoric ester groups is 2. The van der Waals surface area contributed by atoms with Crippen molar-refractivity contribution in [3.63, 3.8) is 0 Å². The molecule has 648 valence electrons. The number of unbranched alkanes of at least 4 members (excludes halogenated alkanes) is 59. The predicted octanol–water partition coefficient (Wildman–Crippen LogP) is 27.8. The normalized spacial score (nSPS) is 13.8. The molecule has 0 heterocycles. The molecule has 0 aromatic heterocycles. The van der Waals surface area contributed by atoms with E-state index in [0.29, 0.717) is 25.7 Å². The number of aliphatic hydroxyl groups is 1. The number of aliphatic hydroxyl groups excluding tert-OH is 1. The predicted molar refractivity (Wildman–Crippen MR) is 451 cm³/mol. The zero-order valence-electron chi connectivity index (χ0n) is 71.9. The number of hydrogen-bond acceptors (Lipinski definition) is 15. The quantitative estimate of drug-likeness (QED) is 0.0222. The molecule has 17 nitrogen and oxygen atoms in total. The number of carbonyl (C=O) groups excluding carboxylic acids is 4. The van der Waals surface area contributed by atoms with Crippen LogP contribution in [-0.2, 0) is 65.4 Å². The number of esters is 4. The van der Waals surface area contributed by atoms with Gasteiger partial charge in [0.15, 0.2) is 12.2 Å². The smallest absolute Gasteiger partial charge is 0.462 e. The zero-order valence-corrected chi connectivity index (χ0v) is 73.7. The van der Waals surface area contributed by atoms with Crippen LogP contribution < -0.4 is 0 Å². The first kappa shape index (κ1) is 107. The minimum absolute atomic E-state index is 0.107. The molecule has 19 heteroatoms. The molecule has 0 radical (unpaired) electrons. The Bertz CT molecular complexity index is 2080. The number of phosphoric acid groups is 2. The highest BCUT2D eigenvalue weighted by Crippen LogP contribution is 2.45. The summed E-state index contributed by atoms with van der Waals surface area (Å²) >= 11 is 0. The summed E-state index contributed by atoms with van der Waals surface area (Å²) in [6.07, 6.45) is 75.2. The number of ether oxygens (including phenoxy) is 4. The van der Waals surface area contributed by atoms with Crippen LogP contribution in [0.15, 0.2) is 0 Å². The van der Waals surface area contributed by atoms with E-state index < -0.39 is 97.5 Å². The van der Waals surface area contributed by atoms with Crippen molar-refractivity contribution < 1.29 is 80.2 Å². The molecule has 3 N–H and O–H groups in total. The minimum atomic E-state index is -4.97. The van der Waals surface area contributed by atoms with Gasteiger partial charge in [-0.2, -0.15) is 0 Å². The molecule has 0 aliphatic rings. The molecule has 0 aliphatic heterocycles. The van der Waals surface area contributed by atoms with Gasteiger partial charge in [-0.05, 0) is 37.5 Å². The molecule has 0 amide bonds. The summed E-state index contributed by atoms with van der Waals surface area (Å²) in [7, 11) is -9.93. The molecule has 0 aromatic carbocycles. The molecule has 0 saturated heterocycles. The van der Waals surface area contributed by atoms with E-state index in [0.717, 1.165) is 102 Å². The van der Waals surface area contributed by atoms with Gasteiger partial charge in [0.25, 0.3) is 0 Å². The molecule has 109 heavy (non-hydrogen) atoms. The van der Waals surface area contributed by atoms with E-state index in [1.54, 1.807) is 0 Å². The van der Waals surface area contributed by atoms with Gasteiger partial charge in [0.05, 0.1) is 26.4 Å². The summed E-state index contributed by atoms with van der Waals surface area (Å²) in [5.74, 6) is -0.591. The van der Waals surface area contributed by atoms with Crippen LogP contribution in [0.25, 0.3) is 0 Å². The second-order valence-corrected chi connectivity index (χ2v) is 36.2. The second-order valence-electron chi connectivity index (χ2n) is 33.3. The highest BCUT2D eigenvalue weighted by atomic mass is 31.2. The molecular weight excluding hydrogens is 1410 g/mol. The number of carbonyl (C=O) groups is 4. The summed E-state index contributed by atoms with van der Waals surface area (Å²) in [6, 6.07) is 0. The highest BCUT2D eigenvalue weighted by molar-refractivity contribution is 7.47. The Hall–Kier alpha value is -1.94. The highest BCUT2D eigenvalue weighted by Gasteiger charge is 2.31. The number of rotatable bonds is 89. The largest absolute Gasteiger partial charge is 0.472 e. The lowest BCUT2D eigenvalue weighted by atomic mass is 10.0. The fourth-order valence-corrected chi connectivity index (χ4v) is 15.7. The van der Waals surface area contributed by atoms with E-state index in [2.05, 4.69) is 41.5 Å². The summed E-state index contributed by atoms with van der Waals surface area (Å²) in [5.41, 5.74) is 0. The Morgan fingerprint density at radius 3 is 0.624 bits per heavy atom. The summed E-state index contributed by atoms with van der Waals surface area (Å²) in [6.45, 7) is 9.67. The third-order valence-electron chi connectivity index (χ3n) is 21.2. The van der Waals surface area contributed by atoms with Gasteiger partial charge in [-0.15, -0.1) is 0 Å². The third kappa shape index (κ3) is 83.8. The lowest BCUT2D eigenvalue weighted by Crippen LogP contribution is -2.30. The van der Waals surface area contributed by atoms with Crippen LogP contribution >= 0.6 is 15.6 Å². The lowest BCUT2D eigenvalue weighted by molar-refractivity contribution is -0.161. The molecule has 0 aliphatic carbocycles. The third-order valence-corrected chi connectivity index (χ3v) is 23.1. The van der Waals surface area contributed by atoms with E-state index >= 15 is 0 Å². The van der Waals surface area contributed by atoms with Crippen LogP contribution in [0, 0.1) is 11.8 Å². The summed E-state index contributed by atoms with van der Waals surface area (Å²) < 4.78 is 69.0. The molecule has 0 aromatic rings. The van der Waals surface area contributed by atoms with Crippen LogP contribution in [0.1, 0.15) is 485 Å². The average Bonchev–Trinajstić information content (AvgIpc) is 0.897. The van der Waals surface area contributed by atoms with Crippen molar-refractivity contribution in [2.75, 3.05) is 39.6 Å². The van der Waals surface area contributed by atoms with E-state index in [-0.39, 0.29) is 25.7 Å². The molecule has 0 bridgehead atoms. The van der Waals surface area contributed by atoms with Crippen molar-refractivity contribution in [1.82, 2.24) is 0 Å². The zero-order chi connectivity index (χ0) is 79.9. The van der Waals surface area contributed by atoms with E-state index in [1.807, 2.05) is 0 Å². The monoisotopic (exact) mass is 1590 g/mol. The van der Waals surface area contributed by atoms with Gasteiger partial charge in [-0.25, -0.2) is 9.13 Å². The van der Waals surface area contributed by atoms with Gasteiger partial charge in [-0.1, -0.05) is 433 Å². The maximum Gasteiger partial charge on any atom is 0.472 e. The van der Waals surface area contributed by atoms with Crippen molar-refractivity contribution in [1.29, 1.82) is 0 Å². The van der Waals surface area contributed by atoms with Crippen molar-refractivity contribution in [3.8, 4) is 0 Å². The standard InChI is InChI=1S/C90H176O17P2/c1-7-9-11-13-15-17-19-21-23-25-27-29-31-33-35-37-39-43-49-56-62-68-74-89(94)106-85(78-100-87(92)72-66-60-54-48-42-38-36-34-32-30-28-26-24-22-20-18-16-14-12-10-8-2)80-104-108(96,97)102-76-84(91)77-103-109(98,99)105-81-86(79-101-88(93)73-67-61-55-51-45-47-53-59-65-71-83(5)6)107-90(95)75-69-63-57-50-44-40-41-46-52-58-64-70-82(3)4/h82-86,91H,7-81H2,1-6H3,(H,96,97)(H,98,99)/t84-,85-,86-/m1/s1. The van der Waals surface area contributed by atoms with E-state index in [1.165, 1.54) is 302 Å². The molecule has 2 unspecified atom stereocenters. The first-order valence-electron chi connectivity index (χ1n) is 46.5. The topological polar surface area (TPSA) is 237 Å². The van der Waals surface area contributed by atoms with Crippen molar-refractivity contribution in [2.24, 2.45) is 11.8 Å². The van der Waals surface area contributed by atoms with Crippen LogP contribution in [0.3, 0.4) is 0 Å². The van der Waals surface area contributed by atoms with Crippen LogP contribution in [0.4, 0.5) is 0 Å². The SMILES string of the molecule is CCCCCCCCCCCCCCCCCCCCCCCCC(=O)O[C@H](COC(=O)CCCCCCCCCCCCCCCCCCCCCCC)COP(=O)(O)OC[C@@H](O)COP(=O)(O)OC[C@@H](COC(=O)CCCCCCCCCCCC(C)C)OC(=O)CCCCCCCCCCCCCC(C)C. The molecule has 5 atom stereocenters. The van der Waals surface area contributed by atoms with Crippen molar-refractivity contribution >= 4 is 39.5 Å². The fourth-order valence-electron chi connectivity index (χ4n) is 14.1. The van der Waals surface area contributed by atoms with Crippen LogP contribution in [-0.4, -0.2) is 96.7 Å². The van der Waals surface area contributed by atoms with Gasteiger partial charge in [0.2, 0.25) is 0 Å². The Balaban J connectivity index is 5.23. The summed E-state index contributed by atoms with van der Waals surface area (Å²) in [5, 5.41) is 10.7. The Morgan fingerprint density at radius 1 is 0.248 bits per heavy atom. The van der Waals surface area contributed by atoms with Crippen LogP contribution in [0.5, 0.6) is 0 Å². The average molecular weight is 1590 g/mol. The van der Waals surface area contributed by atoms with E-state index in [9.17, 15) is 43.2 Å². The van der Waals surface area contributed by atoms with Gasteiger partial charge >= 0.3 is 39.5 Å². The van der Waals surface area contributed by atoms with Gasteiger partial charge < -0.3 is 33.8 Å². The molecular formula is C90H176O17P2. The van der Waals surface area contributed by atoms with Gasteiger partial charge in [0.1, 0.15) is 19.3 Å². The lowest BCUT2D eigenvalue weighted by Gasteiger charge is -2.21. The number of hydrogen-bond donors (Lipinski definition) is 3. The summed E-state index contributed by atoms with van der Waals surface area (Å²) in [4.78, 5) is 73.4. The molecule has 0 rings (SSSR count). The molecule has 0 spiro atoms. The first-order chi connectivity index (χ1) is 52.9. The minimum Gasteiger partial charge on any atom is -0.462 e. The molecule has 0 fully saturated rings. The van der Waals surface area contributed by atoms with Gasteiger partial charge in [0, 0.05) is 25.7 Å². The maximum atomic E-state index is 13.2. The maximum absolute atomic E-state index is 13.2. The fraction of sp³-hybridized carbons (Fsp3) is 0.956. The van der Waals surface area contributed by atoms with E-state index in [4.69, 9.17) is 37.0 Å². The van der Waals surface area contributed by atoms with Gasteiger partial charge in [-0.3, -0.25) is 37.3 Å². The first-order valence-corrected chi connectivity index (χ1v) is 49.5.